The molecule has 5 heteroatoms. The summed E-state index contributed by atoms with van der Waals surface area (Å²) in [6.07, 6.45) is 0. The van der Waals surface area contributed by atoms with Gasteiger partial charge >= 0.3 is 0 Å². The molecule has 0 atom stereocenters. The van der Waals surface area contributed by atoms with Gasteiger partial charge in [-0.1, -0.05) is 23.7 Å². The minimum absolute atomic E-state index is 0.0527. The first-order chi connectivity index (χ1) is 9.69. The zero-order valence-corrected chi connectivity index (χ0v) is 11.8. The Morgan fingerprint density at radius 1 is 1.35 bits per heavy atom. The number of anilines is 1. The van der Waals surface area contributed by atoms with E-state index in [-0.39, 0.29) is 6.61 Å². The maximum absolute atomic E-state index is 8.50. The predicted octanol–water partition coefficient (Wildman–Crippen LogP) is 3.56. The van der Waals surface area contributed by atoms with Gasteiger partial charge in [0.25, 0.3) is 0 Å². The molecule has 2 rings (SSSR count). The van der Waals surface area contributed by atoms with E-state index in [0.29, 0.717) is 17.4 Å². The molecule has 1 N–H and O–H groups in total. The van der Waals surface area contributed by atoms with Crippen molar-refractivity contribution < 1.29 is 4.74 Å². The molecule has 102 valence electrons. The fraction of sp³-hybridized carbons (Fsp3) is 0.200. The number of hydrogen-bond acceptors (Lipinski definition) is 4. The lowest BCUT2D eigenvalue weighted by Gasteiger charge is -2.10. The molecule has 0 radical (unpaired) electrons. The lowest BCUT2D eigenvalue weighted by molar-refractivity contribution is 0.368. The molecule has 0 fully saturated rings. The van der Waals surface area contributed by atoms with Crippen molar-refractivity contribution in [1.82, 2.24) is 4.98 Å². The van der Waals surface area contributed by atoms with Crippen molar-refractivity contribution in [3.63, 3.8) is 0 Å². The first kappa shape index (κ1) is 14.2. The molecule has 2 aromatic rings. The number of nitriles is 1. The fourth-order valence-electron chi connectivity index (χ4n) is 1.78. The third kappa shape index (κ3) is 3.87. The highest BCUT2D eigenvalue weighted by Gasteiger charge is 2.01. The summed E-state index contributed by atoms with van der Waals surface area (Å²) in [5, 5.41) is 12.3. The van der Waals surface area contributed by atoms with Crippen LogP contribution in [0.25, 0.3) is 0 Å². The Morgan fingerprint density at radius 2 is 2.20 bits per heavy atom. The molecule has 0 aliphatic carbocycles. The van der Waals surface area contributed by atoms with Crippen LogP contribution in [0.2, 0.25) is 5.15 Å². The Bertz CT molecular complexity index is 637. The minimum Gasteiger partial charge on any atom is -0.479 e. The van der Waals surface area contributed by atoms with Crippen LogP contribution in [0.1, 0.15) is 11.3 Å². The first-order valence-corrected chi connectivity index (χ1v) is 6.52. The molecule has 1 aromatic carbocycles. The molecule has 0 bridgehead atoms. The number of ether oxygens (including phenoxy) is 1. The summed E-state index contributed by atoms with van der Waals surface area (Å²) in [5.41, 5.74) is 2.86. The predicted molar refractivity (Wildman–Crippen MR) is 78.9 cm³/mol. The van der Waals surface area contributed by atoms with Gasteiger partial charge < -0.3 is 10.1 Å². The summed E-state index contributed by atoms with van der Waals surface area (Å²) in [6.45, 7) is 2.60. The molecule has 0 aliphatic heterocycles. The number of rotatable bonds is 5. The second-order valence-electron chi connectivity index (χ2n) is 4.21. The number of aryl methyl sites for hydroxylation is 1. The Hall–Kier alpha value is -2.25. The second-order valence-corrected chi connectivity index (χ2v) is 4.60. The molecule has 0 spiro atoms. The number of halogens is 1. The quantitative estimate of drug-likeness (QED) is 0.854. The van der Waals surface area contributed by atoms with Crippen molar-refractivity contribution in [3.05, 3.63) is 52.8 Å². The maximum Gasteiger partial charge on any atom is 0.174 e. The van der Waals surface area contributed by atoms with Crippen LogP contribution >= 0.6 is 11.6 Å². The van der Waals surface area contributed by atoms with Gasteiger partial charge in [0.2, 0.25) is 0 Å². The topological polar surface area (TPSA) is 57.9 Å². The number of nitrogens with zero attached hydrogens (tertiary/aromatic N) is 2. The minimum atomic E-state index is 0.0527. The van der Waals surface area contributed by atoms with Crippen molar-refractivity contribution in [1.29, 1.82) is 5.26 Å². The van der Waals surface area contributed by atoms with E-state index in [1.54, 1.807) is 6.07 Å². The Kier molecular flexibility index (Phi) is 4.80. The molecule has 1 heterocycles. The summed E-state index contributed by atoms with van der Waals surface area (Å²) in [7, 11) is 0. The SMILES string of the molecule is Cc1nc(Cl)ccc1NCc1cccc(OCC#N)c1. The van der Waals surface area contributed by atoms with E-state index >= 15 is 0 Å². The first-order valence-electron chi connectivity index (χ1n) is 6.15. The van der Waals surface area contributed by atoms with Crippen molar-refractivity contribution in [2.24, 2.45) is 0 Å². The van der Waals surface area contributed by atoms with Crippen molar-refractivity contribution in [2.45, 2.75) is 13.5 Å². The number of benzene rings is 1. The Labute approximate surface area is 123 Å². The van der Waals surface area contributed by atoms with Gasteiger partial charge in [0.15, 0.2) is 6.61 Å². The third-order valence-corrected chi connectivity index (χ3v) is 2.95. The van der Waals surface area contributed by atoms with Gasteiger partial charge in [0.1, 0.15) is 17.0 Å². The van der Waals surface area contributed by atoms with E-state index in [1.807, 2.05) is 43.3 Å². The Balaban J connectivity index is 2.01. The summed E-state index contributed by atoms with van der Waals surface area (Å²) < 4.78 is 5.27. The standard InChI is InChI=1S/C15H14ClN3O/c1-11-14(5-6-15(16)19-11)18-10-12-3-2-4-13(9-12)20-8-7-17/h2-6,9,18H,8,10H2,1H3. The van der Waals surface area contributed by atoms with Crippen molar-refractivity contribution in [3.8, 4) is 11.8 Å². The largest absolute Gasteiger partial charge is 0.479 e. The Morgan fingerprint density at radius 3 is 2.95 bits per heavy atom. The van der Waals surface area contributed by atoms with E-state index in [0.717, 1.165) is 16.9 Å². The molecular formula is C15H14ClN3O. The summed E-state index contributed by atoms with van der Waals surface area (Å²) in [5.74, 6) is 0.691. The second kappa shape index (κ2) is 6.78. The van der Waals surface area contributed by atoms with E-state index in [2.05, 4.69) is 10.3 Å². The number of aromatic nitrogens is 1. The van der Waals surface area contributed by atoms with Crippen molar-refractivity contribution in [2.75, 3.05) is 11.9 Å². The van der Waals surface area contributed by atoms with Gasteiger partial charge in [0, 0.05) is 6.54 Å². The third-order valence-electron chi connectivity index (χ3n) is 2.74. The van der Waals surface area contributed by atoms with Gasteiger partial charge in [-0.25, -0.2) is 4.98 Å². The summed E-state index contributed by atoms with van der Waals surface area (Å²) in [6, 6.07) is 13.2. The van der Waals surface area contributed by atoms with Gasteiger partial charge in [-0.3, -0.25) is 0 Å². The highest BCUT2D eigenvalue weighted by molar-refractivity contribution is 6.29. The van der Waals surface area contributed by atoms with E-state index < -0.39 is 0 Å². The van der Waals surface area contributed by atoms with Gasteiger partial charge in [-0.2, -0.15) is 5.26 Å². The highest BCUT2D eigenvalue weighted by Crippen LogP contribution is 2.18. The van der Waals surface area contributed by atoms with Crippen LogP contribution in [-0.2, 0) is 6.54 Å². The van der Waals surface area contributed by atoms with Gasteiger partial charge in [0.05, 0.1) is 11.4 Å². The monoisotopic (exact) mass is 287 g/mol. The van der Waals surface area contributed by atoms with Gasteiger partial charge in [-0.15, -0.1) is 0 Å². The molecule has 1 aromatic heterocycles. The van der Waals surface area contributed by atoms with Crippen LogP contribution < -0.4 is 10.1 Å². The zero-order valence-electron chi connectivity index (χ0n) is 11.1. The van der Waals surface area contributed by atoms with Crippen LogP contribution in [0.5, 0.6) is 5.75 Å². The van der Waals surface area contributed by atoms with E-state index in [9.17, 15) is 0 Å². The number of hydrogen-bond donors (Lipinski definition) is 1. The molecule has 0 amide bonds. The molecule has 4 nitrogen and oxygen atoms in total. The highest BCUT2D eigenvalue weighted by atomic mass is 35.5. The summed E-state index contributed by atoms with van der Waals surface area (Å²) >= 11 is 5.82. The maximum atomic E-state index is 8.50. The lowest BCUT2D eigenvalue weighted by Crippen LogP contribution is -2.02. The normalized spacial score (nSPS) is 9.85. The van der Waals surface area contributed by atoms with Crippen LogP contribution in [0.3, 0.4) is 0 Å². The fourth-order valence-corrected chi connectivity index (χ4v) is 1.97. The van der Waals surface area contributed by atoms with Crippen LogP contribution in [-0.4, -0.2) is 11.6 Å². The smallest absolute Gasteiger partial charge is 0.174 e. The van der Waals surface area contributed by atoms with E-state index in [4.69, 9.17) is 21.6 Å². The van der Waals surface area contributed by atoms with Crippen LogP contribution in [0.15, 0.2) is 36.4 Å². The number of pyridine rings is 1. The summed E-state index contributed by atoms with van der Waals surface area (Å²) in [4.78, 5) is 4.19. The van der Waals surface area contributed by atoms with Crippen LogP contribution in [0.4, 0.5) is 5.69 Å². The van der Waals surface area contributed by atoms with Crippen LogP contribution in [0, 0.1) is 18.3 Å². The van der Waals surface area contributed by atoms with Crippen molar-refractivity contribution >= 4 is 17.3 Å². The number of nitrogens with one attached hydrogen (secondary N) is 1. The lowest BCUT2D eigenvalue weighted by atomic mass is 10.2. The molecule has 0 unspecified atom stereocenters. The zero-order chi connectivity index (χ0) is 14.4. The average molecular weight is 288 g/mol. The average Bonchev–Trinajstić information content (AvgIpc) is 2.45. The molecule has 20 heavy (non-hydrogen) atoms. The van der Waals surface area contributed by atoms with E-state index in [1.165, 1.54) is 0 Å². The molecule has 0 aliphatic rings. The molecular weight excluding hydrogens is 274 g/mol. The molecule has 0 saturated carbocycles. The van der Waals surface area contributed by atoms with Gasteiger partial charge in [-0.05, 0) is 36.8 Å². The molecule has 0 saturated heterocycles.